The molecule has 16 heavy (non-hydrogen) atoms. The Morgan fingerprint density at radius 3 is 2.19 bits per heavy atom. The Hall–Kier alpha value is -0.810. The van der Waals surface area contributed by atoms with Crippen LogP contribution in [0.15, 0.2) is 0 Å². The zero-order valence-electron chi connectivity index (χ0n) is 9.62. The molecule has 0 saturated heterocycles. The smallest absolute Gasteiger partial charge is 0.320 e. The standard InChI is InChI=1S/C5H11Cl.C5H10N2O3/c1-2-3-4-5-6;6-3(5(9)10)1-2-4(7)8/h2-5H2,1H3;3H,1-2,6H2,(H2,7,8)(H,9,10). The number of alkyl halides is 1. The van der Waals surface area contributed by atoms with Crippen molar-refractivity contribution in [2.45, 2.75) is 45.1 Å². The maximum atomic E-state index is 10.1. The first-order chi connectivity index (χ1) is 7.45. The minimum absolute atomic E-state index is 0.0213. The van der Waals surface area contributed by atoms with E-state index in [0.717, 1.165) is 5.88 Å². The van der Waals surface area contributed by atoms with Gasteiger partial charge in [-0.2, -0.15) is 0 Å². The zero-order valence-corrected chi connectivity index (χ0v) is 10.4. The molecule has 0 radical (unpaired) electrons. The van der Waals surface area contributed by atoms with Gasteiger partial charge in [0, 0.05) is 12.3 Å². The SMILES string of the molecule is CCCCCCl.NC(=O)CCC(N)C(=O)O. The number of aliphatic carboxylic acids is 1. The second-order valence-electron chi connectivity index (χ2n) is 3.35. The number of carboxylic acids is 1. The first-order valence-electron chi connectivity index (χ1n) is 5.28. The monoisotopic (exact) mass is 252 g/mol. The van der Waals surface area contributed by atoms with E-state index in [9.17, 15) is 9.59 Å². The van der Waals surface area contributed by atoms with Gasteiger partial charge >= 0.3 is 5.97 Å². The van der Waals surface area contributed by atoms with Gasteiger partial charge in [0.2, 0.25) is 5.91 Å². The second kappa shape index (κ2) is 12.3. The summed E-state index contributed by atoms with van der Waals surface area (Å²) >= 11 is 5.38. The lowest BCUT2D eigenvalue weighted by molar-refractivity contribution is -0.138. The van der Waals surface area contributed by atoms with Gasteiger partial charge in [-0.3, -0.25) is 9.59 Å². The van der Waals surface area contributed by atoms with Crippen LogP contribution in [0.1, 0.15) is 39.0 Å². The highest BCUT2D eigenvalue weighted by Crippen LogP contribution is 1.93. The normalized spacial score (nSPS) is 11.2. The number of amides is 1. The summed E-state index contributed by atoms with van der Waals surface area (Å²) in [4.78, 5) is 20.1. The molecular formula is C10H21ClN2O3. The number of carbonyl (C=O) groups is 2. The van der Waals surface area contributed by atoms with Gasteiger partial charge < -0.3 is 16.6 Å². The van der Waals surface area contributed by atoms with Crippen LogP contribution in [0.25, 0.3) is 0 Å². The van der Waals surface area contributed by atoms with Crippen molar-refractivity contribution in [1.82, 2.24) is 0 Å². The topological polar surface area (TPSA) is 106 Å². The van der Waals surface area contributed by atoms with Gasteiger partial charge in [-0.15, -0.1) is 11.6 Å². The molecule has 0 heterocycles. The number of hydrogen-bond donors (Lipinski definition) is 3. The van der Waals surface area contributed by atoms with Crippen molar-refractivity contribution in [3.8, 4) is 0 Å². The third kappa shape index (κ3) is 15.7. The molecule has 5 nitrogen and oxygen atoms in total. The molecule has 0 aliphatic carbocycles. The van der Waals surface area contributed by atoms with E-state index >= 15 is 0 Å². The fraction of sp³-hybridized carbons (Fsp3) is 0.800. The molecule has 1 atom stereocenters. The van der Waals surface area contributed by atoms with E-state index < -0.39 is 17.9 Å². The zero-order chi connectivity index (χ0) is 13.0. The number of nitrogens with two attached hydrogens (primary N) is 2. The molecule has 0 rings (SSSR count). The molecule has 1 amide bonds. The largest absolute Gasteiger partial charge is 0.480 e. The van der Waals surface area contributed by atoms with E-state index in [1.807, 2.05) is 0 Å². The minimum atomic E-state index is -1.11. The molecule has 0 aliphatic rings. The van der Waals surface area contributed by atoms with Gasteiger partial charge in [0.05, 0.1) is 0 Å². The first-order valence-corrected chi connectivity index (χ1v) is 5.81. The maximum Gasteiger partial charge on any atom is 0.320 e. The molecule has 5 N–H and O–H groups in total. The number of halogens is 1. The van der Waals surface area contributed by atoms with Crippen LogP contribution >= 0.6 is 11.6 Å². The average molecular weight is 253 g/mol. The van der Waals surface area contributed by atoms with Crippen LogP contribution in [-0.4, -0.2) is 28.9 Å². The Bertz CT molecular complexity index is 197. The van der Waals surface area contributed by atoms with Crippen molar-refractivity contribution in [3.63, 3.8) is 0 Å². The number of carboxylic acid groups (broad SMARTS) is 1. The van der Waals surface area contributed by atoms with Crippen LogP contribution in [0.3, 0.4) is 0 Å². The molecule has 6 heteroatoms. The summed E-state index contributed by atoms with van der Waals surface area (Å²) in [5, 5.41) is 8.22. The Morgan fingerprint density at radius 1 is 1.38 bits per heavy atom. The van der Waals surface area contributed by atoms with E-state index in [1.165, 1.54) is 19.3 Å². The predicted octanol–water partition coefficient (Wildman–Crippen LogP) is 1.08. The second-order valence-corrected chi connectivity index (χ2v) is 3.72. The van der Waals surface area contributed by atoms with Crippen molar-refractivity contribution in [2.24, 2.45) is 11.5 Å². The Labute approximate surface area is 101 Å². The molecule has 0 aromatic rings. The van der Waals surface area contributed by atoms with Crippen LogP contribution in [0.4, 0.5) is 0 Å². The minimum Gasteiger partial charge on any atom is -0.480 e. The number of primary amides is 1. The van der Waals surface area contributed by atoms with E-state index in [4.69, 9.17) is 28.2 Å². The van der Waals surface area contributed by atoms with Gasteiger partial charge in [-0.1, -0.05) is 19.8 Å². The van der Waals surface area contributed by atoms with E-state index in [2.05, 4.69) is 6.92 Å². The van der Waals surface area contributed by atoms with Gasteiger partial charge in [-0.05, 0) is 12.8 Å². The lowest BCUT2D eigenvalue weighted by atomic mass is 10.2. The van der Waals surface area contributed by atoms with E-state index in [-0.39, 0.29) is 12.8 Å². The third-order valence-corrected chi connectivity index (χ3v) is 2.02. The average Bonchev–Trinajstić information content (AvgIpc) is 2.23. The van der Waals surface area contributed by atoms with E-state index in [1.54, 1.807) is 0 Å². The summed E-state index contributed by atoms with van der Waals surface area (Å²) in [6, 6.07) is -0.979. The molecule has 0 aromatic carbocycles. The summed E-state index contributed by atoms with van der Waals surface area (Å²) < 4.78 is 0. The molecule has 0 saturated carbocycles. The number of hydrogen-bond acceptors (Lipinski definition) is 3. The summed E-state index contributed by atoms with van der Waals surface area (Å²) in [5.41, 5.74) is 9.81. The highest BCUT2D eigenvalue weighted by molar-refractivity contribution is 6.17. The van der Waals surface area contributed by atoms with Crippen molar-refractivity contribution in [1.29, 1.82) is 0 Å². The van der Waals surface area contributed by atoms with Crippen molar-refractivity contribution < 1.29 is 14.7 Å². The highest BCUT2D eigenvalue weighted by atomic mass is 35.5. The number of rotatable bonds is 7. The van der Waals surface area contributed by atoms with Crippen LogP contribution in [0.2, 0.25) is 0 Å². The van der Waals surface area contributed by atoms with E-state index in [0.29, 0.717) is 0 Å². The van der Waals surface area contributed by atoms with Gasteiger partial charge in [0.15, 0.2) is 0 Å². The highest BCUT2D eigenvalue weighted by Gasteiger charge is 2.11. The van der Waals surface area contributed by atoms with Crippen LogP contribution < -0.4 is 11.5 Å². The summed E-state index contributed by atoms with van der Waals surface area (Å²) in [6.45, 7) is 2.17. The first kappa shape index (κ1) is 17.6. The molecule has 0 aromatic heterocycles. The van der Waals surface area contributed by atoms with Gasteiger partial charge in [0.1, 0.15) is 6.04 Å². The quantitative estimate of drug-likeness (QED) is 0.465. The lowest BCUT2D eigenvalue weighted by Gasteiger charge is -2.01. The molecule has 96 valence electrons. The third-order valence-electron chi connectivity index (χ3n) is 1.76. The number of carbonyl (C=O) groups excluding carboxylic acids is 1. The predicted molar refractivity (Wildman–Crippen MR) is 64.3 cm³/mol. The van der Waals surface area contributed by atoms with Crippen LogP contribution in [0, 0.1) is 0 Å². The Balaban J connectivity index is 0. The summed E-state index contributed by atoms with van der Waals surface area (Å²) in [6.07, 6.45) is 3.85. The molecule has 0 bridgehead atoms. The Kier molecular flexibility index (Phi) is 13.5. The lowest BCUT2D eigenvalue weighted by Crippen LogP contribution is -2.31. The van der Waals surface area contributed by atoms with Crippen LogP contribution in [0.5, 0.6) is 0 Å². The van der Waals surface area contributed by atoms with Gasteiger partial charge in [0.25, 0.3) is 0 Å². The van der Waals surface area contributed by atoms with Crippen LogP contribution in [-0.2, 0) is 9.59 Å². The van der Waals surface area contributed by atoms with Crippen molar-refractivity contribution in [3.05, 3.63) is 0 Å². The molecule has 0 aliphatic heterocycles. The summed E-state index contributed by atoms with van der Waals surface area (Å²) in [5.74, 6) is -0.814. The fourth-order valence-electron chi connectivity index (χ4n) is 0.766. The maximum absolute atomic E-state index is 10.1. The van der Waals surface area contributed by atoms with Crippen molar-refractivity contribution >= 4 is 23.5 Å². The molecular weight excluding hydrogens is 232 g/mol. The molecule has 0 fully saturated rings. The van der Waals surface area contributed by atoms with Crippen molar-refractivity contribution in [2.75, 3.05) is 5.88 Å². The van der Waals surface area contributed by atoms with Gasteiger partial charge in [-0.25, -0.2) is 0 Å². The number of unbranched alkanes of at least 4 members (excludes halogenated alkanes) is 2. The molecule has 0 spiro atoms. The Morgan fingerprint density at radius 2 is 1.94 bits per heavy atom. The molecule has 1 unspecified atom stereocenters. The fourth-order valence-corrected chi connectivity index (χ4v) is 0.955. The summed E-state index contributed by atoms with van der Waals surface area (Å²) in [7, 11) is 0.